The fourth-order valence-electron chi connectivity index (χ4n) is 2.59. The quantitative estimate of drug-likeness (QED) is 0.669. The summed E-state index contributed by atoms with van der Waals surface area (Å²) in [7, 11) is 1.76. The Labute approximate surface area is 113 Å². The van der Waals surface area contributed by atoms with Crippen LogP contribution in [0.1, 0.15) is 31.2 Å². The summed E-state index contributed by atoms with van der Waals surface area (Å²) in [6.07, 6.45) is 4.68. The fourth-order valence-corrected chi connectivity index (χ4v) is 2.59. The highest BCUT2D eigenvalue weighted by Crippen LogP contribution is 2.27. The number of aryl methyl sites for hydroxylation is 1. The Balaban J connectivity index is 1.98. The van der Waals surface area contributed by atoms with E-state index in [1.165, 1.54) is 0 Å². The average Bonchev–Trinajstić information content (AvgIpc) is 2.41. The standard InChI is InChI=1S/C14H20N2O3/c1-10-9-12(16(17)18)5-8-14(10)15-11-3-6-13(19-2)7-4-11/h5,8-9,11,13,15H,3-4,6-7H2,1-2H3. The molecule has 1 aliphatic rings. The van der Waals surface area contributed by atoms with Crippen LogP contribution in [0.4, 0.5) is 11.4 Å². The van der Waals surface area contributed by atoms with Gasteiger partial charge in [0, 0.05) is 31.0 Å². The SMILES string of the molecule is COC1CCC(Nc2ccc([N+](=O)[O-])cc2C)CC1. The van der Waals surface area contributed by atoms with Gasteiger partial charge in [0.15, 0.2) is 0 Å². The van der Waals surface area contributed by atoms with Crippen LogP contribution in [-0.2, 0) is 4.74 Å². The minimum Gasteiger partial charge on any atom is -0.382 e. The Kier molecular flexibility index (Phi) is 4.37. The van der Waals surface area contributed by atoms with Gasteiger partial charge in [-0.1, -0.05) is 0 Å². The van der Waals surface area contributed by atoms with Crippen LogP contribution in [0.5, 0.6) is 0 Å². The minimum atomic E-state index is -0.361. The lowest BCUT2D eigenvalue weighted by molar-refractivity contribution is -0.384. The van der Waals surface area contributed by atoms with E-state index >= 15 is 0 Å². The molecule has 1 fully saturated rings. The van der Waals surface area contributed by atoms with Crippen LogP contribution in [0.2, 0.25) is 0 Å². The number of anilines is 1. The zero-order chi connectivity index (χ0) is 13.8. The Morgan fingerprint density at radius 1 is 1.32 bits per heavy atom. The van der Waals surface area contributed by atoms with E-state index in [9.17, 15) is 10.1 Å². The highest BCUT2D eigenvalue weighted by Gasteiger charge is 2.21. The van der Waals surface area contributed by atoms with Crippen LogP contribution in [0.25, 0.3) is 0 Å². The van der Waals surface area contributed by atoms with Crippen LogP contribution in [0.15, 0.2) is 18.2 Å². The van der Waals surface area contributed by atoms with Crippen LogP contribution in [0.3, 0.4) is 0 Å². The second-order valence-corrected chi connectivity index (χ2v) is 5.11. The Morgan fingerprint density at radius 2 is 2.00 bits per heavy atom. The Morgan fingerprint density at radius 3 is 2.53 bits per heavy atom. The third kappa shape index (κ3) is 3.44. The third-order valence-corrected chi connectivity index (χ3v) is 3.79. The highest BCUT2D eigenvalue weighted by atomic mass is 16.6. The van der Waals surface area contributed by atoms with E-state index in [-0.39, 0.29) is 10.6 Å². The number of rotatable bonds is 4. The van der Waals surface area contributed by atoms with Crippen LogP contribution in [-0.4, -0.2) is 24.2 Å². The molecule has 0 heterocycles. The number of hydrogen-bond donors (Lipinski definition) is 1. The van der Waals surface area contributed by atoms with Gasteiger partial charge in [-0.3, -0.25) is 10.1 Å². The smallest absolute Gasteiger partial charge is 0.269 e. The van der Waals surface area contributed by atoms with Gasteiger partial charge in [0.25, 0.3) is 5.69 Å². The van der Waals surface area contributed by atoms with Gasteiger partial charge < -0.3 is 10.1 Å². The monoisotopic (exact) mass is 264 g/mol. The van der Waals surface area contributed by atoms with Crippen molar-refractivity contribution in [2.75, 3.05) is 12.4 Å². The zero-order valence-corrected chi connectivity index (χ0v) is 11.4. The molecule has 1 N–H and O–H groups in total. The normalized spacial score (nSPS) is 23.1. The molecule has 0 radical (unpaired) electrons. The summed E-state index contributed by atoms with van der Waals surface area (Å²) >= 11 is 0. The molecule has 1 saturated carbocycles. The first kappa shape index (κ1) is 13.8. The van der Waals surface area contributed by atoms with Gasteiger partial charge >= 0.3 is 0 Å². The first-order chi connectivity index (χ1) is 9.10. The molecule has 1 aromatic carbocycles. The zero-order valence-electron chi connectivity index (χ0n) is 11.4. The van der Waals surface area contributed by atoms with Gasteiger partial charge in [-0.05, 0) is 44.2 Å². The summed E-state index contributed by atoms with van der Waals surface area (Å²) in [6.45, 7) is 1.90. The molecule has 5 nitrogen and oxygen atoms in total. The van der Waals surface area contributed by atoms with Crippen LogP contribution in [0, 0.1) is 17.0 Å². The summed E-state index contributed by atoms with van der Waals surface area (Å²) in [5.74, 6) is 0. The first-order valence-corrected chi connectivity index (χ1v) is 6.64. The lowest BCUT2D eigenvalue weighted by Crippen LogP contribution is -2.29. The van der Waals surface area contributed by atoms with E-state index < -0.39 is 0 Å². The number of ether oxygens (including phenoxy) is 1. The maximum absolute atomic E-state index is 10.7. The molecule has 2 rings (SSSR count). The molecule has 19 heavy (non-hydrogen) atoms. The molecule has 0 aromatic heterocycles. The molecule has 0 amide bonds. The lowest BCUT2D eigenvalue weighted by atomic mass is 9.92. The van der Waals surface area contributed by atoms with E-state index in [4.69, 9.17) is 4.74 Å². The van der Waals surface area contributed by atoms with Crippen molar-refractivity contribution in [1.82, 2.24) is 0 Å². The average molecular weight is 264 g/mol. The number of methoxy groups -OCH3 is 1. The predicted molar refractivity (Wildman–Crippen MR) is 74.5 cm³/mol. The number of benzene rings is 1. The summed E-state index contributed by atoms with van der Waals surface area (Å²) in [5, 5.41) is 14.2. The number of non-ortho nitro benzene ring substituents is 1. The predicted octanol–water partition coefficient (Wildman–Crippen LogP) is 3.27. The van der Waals surface area contributed by atoms with E-state index in [1.807, 2.05) is 6.92 Å². The van der Waals surface area contributed by atoms with Crippen molar-refractivity contribution >= 4 is 11.4 Å². The molecule has 0 spiro atoms. The molecule has 0 unspecified atom stereocenters. The molecule has 5 heteroatoms. The van der Waals surface area contributed by atoms with Crippen molar-refractivity contribution in [3.63, 3.8) is 0 Å². The second-order valence-electron chi connectivity index (χ2n) is 5.11. The van der Waals surface area contributed by atoms with Gasteiger partial charge in [0.1, 0.15) is 0 Å². The Hall–Kier alpha value is -1.62. The van der Waals surface area contributed by atoms with Crippen molar-refractivity contribution in [3.8, 4) is 0 Å². The van der Waals surface area contributed by atoms with Gasteiger partial charge in [-0.2, -0.15) is 0 Å². The van der Waals surface area contributed by atoms with Crippen LogP contribution >= 0.6 is 0 Å². The second kappa shape index (κ2) is 6.02. The van der Waals surface area contributed by atoms with Crippen molar-refractivity contribution in [1.29, 1.82) is 0 Å². The van der Waals surface area contributed by atoms with E-state index in [0.717, 1.165) is 36.9 Å². The number of nitrogens with zero attached hydrogens (tertiary/aromatic N) is 1. The molecule has 0 bridgehead atoms. The maximum Gasteiger partial charge on any atom is 0.269 e. The van der Waals surface area contributed by atoms with Gasteiger partial charge in [0.2, 0.25) is 0 Å². The molecule has 0 atom stereocenters. The first-order valence-electron chi connectivity index (χ1n) is 6.64. The van der Waals surface area contributed by atoms with Gasteiger partial charge in [0.05, 0.1) is 11.0 Å². The topological polar surface area (TPSA) is 64.4 Å². The van der Waals surface area contributed by atoms with E-state index in [2.05, 4.69) is 5.32 Å². The van der Waals surface area contributed by atoms with E-state index in [1.54, 1.807) is 25.3 Å². The molecule has 0 aliphatic heterocycles. The van der Waals surface area contributed by atoms with Crippen molar-refractivity contribution in [2.24, 2.45) is 0 Å². The molecule has 104 valence electrons. The van der Waals surface area contributed by atoms with Crippen molar-refractivity contribution < 1.29 is 9.66 Å². The van der Waals surface area contributed by atoms with Crippen molar-refractivity contribution in [3.05, 3.63) is 33.9 Å². The third-order valence-electron chi connectivity index (χ3n) is 3.79. The van der Waals surface area contributed by atoms with Crippen LogP contribution < -0.4 is 5.32 Å². The highest BCUT2D eigenvalue weighted by molar-refractivity contribution is 5.55. The Bertz CT molecular complexity index is 454. The summed E-state index contributed by atoms with van der Waals surface area (Å²) in [5.41, 5.74) is 2.06. The van der Waals surface area contributed by atoms with Gasteiger partial charge in [-0.25, -0.2) is 0 Å². The lowest BCUT2D eigenvalue weighted by Gasteiger charge is -2.29. The molecule has 0 saturated heterocycles. The molecular formula is C14H20N2O3. The summed E-state index contributed by atoms with van der Waals surface area (Å²) in [4.78, 5) is 10.3. The number of nitrogens with one attached hydrogen (secondary N) is 1. The van der Waals surface area contributed by atoms with E-state index in [0.29, 0.717) is 12.1 Å². The minimum absolute atomic E-state index is 0.145. The fraction of sp³-hybridized carbons (Fsp3) is 0.571. The molecular weight excluding hydrogens is 244 g/mol. The number of nitro groups is 1. The number of hydrogen-bond acceptors (Lipinski definition) is 4. The van der Waals surface area contributed by atoms with Crippen molar-refractivity contribution in [2.45, 2.75) is 44.8 Å². The maximum atomic E-state index is 10.7. The van der Waals surface area contributed by atoms with Gasteiger partial charge in [-0.15, -0.1) is 0 Å². The molecule has 1 aromatic rings. The number of nitro benzene ring substituents is 1. The largest absolute Gasteiger partial charge is 0.382 e. The summed E-state index contributed by atoms with van der Waals surface area (Å²) < 4.78 is 5.35. The summed E-state index contributed by atoms with van der Waals surface area (Å²) in [6, 6.07) is 5.40. The molecule has 1 aliphatic carbocycles.